The van der Waals surface area contributed by atoms with Crippen LogP contribution in [0.5, 0.6) is 0 Å². The zero-order valence-corrected chi connectivity index (χ0v) is 18.1. The zero-order chi connectivity index (χ0) is 20.2. The third-order valence-electron chi connectivity index (χ3n) is 5.58. The van der Waals surface area contributed by atoms with E-state index in [0.717, 1.165) is 37.0 Å². The Kier molecular flexibility index (Phi) is 6.47. The van der Waals surface area contributed by atoms with E-state index in [2.05, 4.69) is 26.2 Å². The molecule has 0 atom stereocenters. The molecule has 2 saturated heterocycles. The fourth-order valence-corrected chi connectivity index (χ4v) is 5.14. The van der Waals surface area contributed by atoms with E-state index in [9.17, 15) is 8.42 Å². The number of pyridine rings is 1. The van der Waals surface area contributed by atoms with E-state index in [4.69, 9.17) is 4.99 Å². The molecular weight excluding hydrogens is 374 g/mol. The molecule has 0 spiro atoms. The summed E-state index contributed by atoms with van der Waals surface area (Å²) in [5.74, 6) is 1.98. The lowest BCUT2D eigenvalue weighted by Gasteiger charge is -2.39. The van der Waals surface area contributed by atoms with Gasteiger partial charge in [-0.2, -0.15) is 0 Å². The van der Waals surface area contributed by atoms with Crippen LogP contribution in [0.15, 0.2) is 23.3 Å². The van der Waals surface area contributed by atoms with Gasteiger partial charge in [0.15, 0.2) is 15.8 Å². The van der Waals surface area contributed by atoms with Gasteiger partial charge in [-0.1, -0.05) is 0 Å². The van der Waals surface area contributed by atoms with Gasteiger partial charge in [0.2, 0.25) is 0 Å². The number of aliphatic imine (C=N–C) groups is 1. The Hall–Kier alpha value is -1.83. The first-order chi connectivity index (χ1) is 13.3. The van der Waals surface area contributed by atoms with Gasteiger partial charge in [0, 0.05) is 38.9 Å². The van der Waals surface area contributed by atoms with Crippen molar-refractivity contribution in [2.75, 3.05) is 43.4 Å². The predicted molar refractivity (Wildman–Crippen MR) is 115 cm³/mol. The van der Waals surface area contributed by atoms with Crippen molar-refractivity contribution in [2.45, 2.75) is 51.3 Å². The van der Waals surface area contributed by atoms with Gasteiger partial charge in [-0.15, -0.1) is 0 Å². The van der Waals surface area contributed by atoms with Crippen LogP contribution in [-0.4, -0.2) is 67.5 Å². The van der Waals surface area contributed by atoms with Crippen LogP contribution in [0.2, 0.25) is 0 Å². The van der Waals surface area contributed by atoms with Crippen molar-refractivity contribution in [1.29, 1.82) is 0 Å². The lowest BCUT2D eigenvalue weighted by molar-refractivity contribution is 0.353. The highest BCUT2D eigenvalue weighted by atomic mass is 32.2. The molecule has 0 saturated carbocycles. The van der Waals surface area contributed by atoms with Gasteiger partial charge < -0.3 is 15.1 Å². The number of hydrogen-bond donors (Lipinski definition) is 1. The molecule has 156 valence electrons. The molecule has 3 heterocycles. The Morgan fingerprint density at radius 1 is 1.25 bits per heavy atom. The van der Waals surface area contributed by atoms with Gasteiger partial charge in [-0.25, -0.2) is 18.4 Å². The minimum atomic E-state index is -3.07. The first kappa shape index (κ1) is 20.9. The summed E-state index contributed by atoms with van der Waals surface area (Å²) in [6, 6.07) is 4.13. The molecule has 1 aromatic heterocycles. The van der Waals surface area contributed by atoms with Crippen LogP contribution in [-0.2, 0) is 16.4 Å². The van der Waals surface area contributed by atoms with Crippen LogP contribution in [0.1, 0.15) is 45.6 Å². The van der Waals surface area contributed by atoms with Crippen molar-refractivity contribution in [1.82, 2.24) is 15.2 Å². The smallest absolute Gasteiger partial charge is 0.194 e. The number of nitrogens with zero attached hydrogens (tertiary/aromatic N) is 4. The normalized spacial score (nSPS) is 22.2. The van der Waals surface area contributed by atoms with Crippen LogP contribution >= 0.6 is 0 Å². The highest BCUT2D eigenvalue weighted by molar-refractivity contribution is 7.92. The number of piperidine rings is 1. The van der Waals surface area contributed by atoms with Gasteiger partial charge in [0.25, 0.3) is 0 Å². The summed E-state index contributed by atoms with van der Waals surface area (Å²) in [5, 5.41) is 3.32. The predicted octanol–water partition coefficient (Wildman–Crippen LogP) is 2.05. The quantitative estimate of drug-likeness (QED) is 0.608. The van der Waals surface area contributed by atoms with E-state index in [-0.39, 0.29) is 5.75 Å². The number of hydrogen-bond acceptors (Lipinski definition) is 5. The molecule has 28 heavy (non-hydrogen) atoms. The fourth-order valence-electron chi connectivity index (χ4n) is 3.77. The third-order valence-corrected chi connectivity index (χ3v) is 8.11. The van der Waals surface area contributed by atoms with Gasteiger partial charge in [-0.05, 0) is 57.7 Å². The molecule has 8 heteroatoms. The molecule has 0 bridgehead atoms. The minimum absolute atomic E-state index is 0.165. The van der Waals surface area contributed by atoms with E-state index in [0.29, 0.717) is 19.6 Å². The molecule has 2 fully saturated rings. The first-order valence-electron chi connectivity index (χ1n) is 10.3. The SMILES string of the molecule is CCNC(=NCc1ccnc(N2CCCCC2)c1)N1CCS(=O)(=O)C(C)(C)C1. The molecule has 0 unspecified atom stereocenters. The molecule has 3 rings (SSSR count). The number of guanidine groups is 1. The molecule has 0 aromatic carbocycles. The topological polar surface area (TPSA) is 77.9 Å². The third kappa shape index (κ3) is 4.77. The molecule has 2 aliphatic rings. The molecular formula is C20H33N5O2S. The summed E-state index contributed by atoms with van der Waals surface area (Å²) >= 11 is 0. The van der Waals surface area contributed by atoms with E-state index >= 15 is 0 Å². The van der Waals surface area contributed by atoms with Crippen molar-refractivity contribution >= 4 is 21.6 Å². The van der Waals surface area contributed by atoms with Crippen LogP contribution in [0.25, 0.3) is 0 Å². The molecule has 0 aliphatic carbocycles. The first-order valence-corrected chi connectivity index (χ1v) is 11.9. The number of rotatable bonds is 4. The average Bonchev–Trinajstić information content (AvgIpc) is 2.68. The maximum Gasteiger partial charge on any atom is 0.194 e. The van der Waals surface area contributed by atoms with E-state index in [1.807, 2.05) is 19.2 Å². The monoisotopic (exact) mass is 407 g/mol. The Labute approximate surface area is 169 Å². The van der Waals surface area contributed by atoms with Gasteiger partial charge in [0.05, 0.1) is 17.0 Å². The molecule has 0 amide bonds. The summed E-state index contributed by atoms with van der Waals surface area (Å²) in [6.07, 6.45) is 5.61. The number of sulfone groups is 1. The number of anilines is 1. The Bertz CT molecular complexity index is 801. The summed E-state index contributed by atoms with van der Waals surface area (Å²) < 4.78 is 23.8. The van der Waals surface area contributed by atoms with Crippen molar-refractivity contribution in [2.24, 2.45) is 4.99 Å². The van der Waals surface area contributed by atoms with Crippen molar-refractivity contribution in [3.8, 4) is 0 Å². The second-order valence-electron chi connectivity index (χ2n) is 8.24. The lowest BCUT2D eigenvalue weighted by atomic mass is 10.1. The van der Waals surface area contributed by atoms with Gasteiger partial charge in [-0.3, -0.25) is 0 Å². The molecule has 0 radical (unpaired) electrons. The molecule has 7 nitrogen and oxygen atoms in total. The highest BCUT2D eigenvalue weighted by Gasteiger charge is 2.40. The maximum absolute atomic E-state index is 12.3. The lowest BCUT2D eigenvalue weighted by Crippen LogP contribution is -2.57. The number of aromatic nitrogens is 1. The second-order valence-corrected chi connectivity index (χ2v) is 11.0. The molecule has 1 aromatic rings. The average molecular weight is 408 g/mol. The van der Waals surface area contributed by atoms with Gasteiger partial charge >= 0.3 is 0 Å². The molecule has 2 aliphatic heterocycles. The van der Waals surface area contributed by atoms with Crippen molar-refractivity contribution in [3.63, 3.8) is 0 Å². The molecule has 1 N–H and O–H groups in total. The van der Waals surface area contributed by atoms with Gasteiger partial charge in [0.1, 0.15) is 5.82 Å². The largest absolute Gasteiger partial charge is 0.357 e. The van der Waals surface area contributed by atoms with E-state index < -0.39 is 14.6 Å². The summed E-state index contributed by atoms with van der Waals surface area (Å²) in [7, 11) is -3.07. The van der Waals surface area contributed by atoms with Crippen LogP contribution in [0, 0.1) is 0 Å². The summed E-state index contributed by atoms with van der Waals surface area (Å²) in [6.45, 7) is 10.00. The number of nitrogens with one attached hydrogen (secondary N) is 1. The van der Waals surface area contributed by atoms with Crippen LogP contribution < -0.4 is 10.2 Å². The zero-order valence-electron chi connectivity index (χ0n) is 17.3. The van der Waals surface area contributed by atoms with Crippen molar-refractivity contribution < 1.29 is 8.42 Å². The van der Waals surface area contributed by atoms with E-state index in [1.54, 1.807) is 13.8 Å². The van der Waals surface area contributed by atoms with E-state index in [1.165, 1.54) is 19.3 Å². The maximum atomic E-state index is 12.3. The fraction of sp³-hybridized carbons (Fsp3) is 0.700. The van der Waals surface area contributed by atoms with Crippen molar-refractivity contribution in [3.05, 3.63) is 23.9 Å². The summed E-state index contributed by atoms with van der Waals surface area (Å²) in [5.41, 5.74) is 1.12. The Morgan fingerprint density at radius 3 is 2.68 bits per heavy atom. The Balaban J connectivity index is 1.73. The van der Waals surface area contributed by atoms with Crippen LogP contribution in [0.3, 0.4) is 0 Å². The standard InChI is InChI=1S/C20H33N5O2S/c1-4-21-19(25-12-13-28(26,27)20(2,3)16-25)23-15-17-8-9-22-18(14-17)24-10-6-5-7-11-24/h8-9,14H,4-7,10-13,15-16H2,1-3H3,(H,21,23). The second kappa shape index (κ2) is 8.68. The van der Waals surface area contributed by atoms with Crippen LogP contribution in [0.4, 0.5) is 5.82 Å². The Morgan fingerprint density at radius 2 is 2.00 bits per heavy atom. The minimum Gasteiger partial charge on any atom is -0.357 e. The summed E-state index contributed by atoms with van der Waals surface area (Å²) in [4.78, 5) is 13.7. The highest BCUT2D eigenvalue weighted by Crippen LogP contribution is 2.24.